The first-order chi connectivity index (χ1) is 40.0. The van der Waals surface area contributed by atoms with Crippen molar-refractivity contribution in [3.8, 4) is 0 Å². The van der Waals surface area contributed by atoms with Gasteiger partial charge in [-0.05, 0) is 89.9 Å². The molecule has 0 amide bonds. The molecule has 0 heterocycles. The minimum atomic E-state index is -0.771. The van der Waals surface area contributed by atoms with Crippen LogP contribution < -0.4 is 0 Å². The lowest BCUT2D eigenvalue weighted by molar-refractivity contribution is -0.167. The van der Waals surface area contributed by atoms with Gasteiger partial charge in [0.25, 0.3) is 0 Å². The normalized spacial score (nSPS) is 12.5. The molecule has 0 spiro atoms. The number of carbonyl (C=O) groups is 3. The van der Waals surface area contributed by atoms with Crippen LogP contribution in [0.1, 0.15) is 367 Å². The van der Waals surface area contributed by atoms with E-state index >= 15 is 0 Å². The van der Waals surface area contributed by atoms with Gasteiger partial charge >= 0.3 is 17.9 Å². The summed E-state index contributed by atoms with van der Waals surface area (Å²) in [6.45, 7) is 6.55. The van der Waals surface area contributed by atoms with Crippen molar-refractivity contribution in [3.63, 3.8) is 0 Å². The number of carbonyl (C=O) groups excluding carboxylic acids is 3. The van der Waals surface area contributed by atoms with E-state index in [1.54, 1.807) is 0 Å². The molecule has 81 heavy (non-hydrogen) atoms. The molecule has 0 rings (SSSR count). The summed E-state index contributed by atoms with van der Waals surface area (Å²) >= 11 is 0. The Morgan fingerprint density at radius 2 is 0.481 bits per heavy atom. The SMILES string of the molecule is CC/C=C\C/C=C\C/C=C\C/C=C\C/C=C\CCCCCCCCCCCCCCCCCCCCCC(=O)OCC(COC(=O)CCCCCCCCCCC)OC(=O)CCCCCCCCCCC/C=C\CCCCCCCC. The van der Waals surface area contributed by atoms with Gasteiger partial charge in [0.05, 0.1) is 0 Å². The van der Waals surface area contributed by atoms with Gasteiger partial charge in [0, 0.05) is 19.3 Å². The van der Waals surface area contributed by atoms with Crippen molar-refractivity contribution in [1.82, 2.24) is 0 Å². The van der Waals surface area contributed by atoms with Gasteiger partial charge in [0.1, 0.15) is 13.2 Å². The Labute approximate surface area is 503 Å². The fourth-order valence-electron chi connectivity index (χ4n) is 10.4. The van der Waals surface area contributed by atoms with Gasteiger partial charge in [-0.25, -0.2) is 0 Å². The predicted molar refractivity (Wildman–Crippen MR) is 353 cm³/mol. The number of hydrogen-bond donors (Lipinski definition) is 0. The van der Waals surface area contributed by atoms with E-state index in [-0.39, 0.29) is 31.1 Å². The van der Waals surface area contributed by atoms with Crippen molar-refractivity contribution in [2.45, 2.75) is 374 Å². The molecule has 1 unspecified atom stereocenters. The monoisotopic (exact) mass is 1130 g/mol. The molecule has 6 heteroatoms. The quantitative estimate of drug-likeness (QED) is 0.0261. The number of hydrogen-bond acceptors (Lipinski definition) is 6. The van der Waals surface area contributed by atoms with E-state index in [9.17, 15) is 14.4 Å². The van der Waals surface area contributed by atoms with E-state index < -0.39 is 6.10 Å². The van der Waals surface area contributed by atoms with Crippen LogP contribution in [0.15, 0.2) is 72.9 Å². The summed E-state index contributed by atoms with van der Waals surface area (Å²) in [7, 11) is 0. The summed E-state index contributed by atoms with van der Waals surface area (Å²) < 4.78 is 16.9. The molecule has 470 valence electrons. The smallest absolute Gasteiger partial charge is 0.306 e. The molecule has 0 saturated heterocycles. The highest BCUT2D eigenvalue weighted by Gasteiger charge is 2.19. The number of esters is 3. The first-order valence-electron chi connectivity index (χ1n) is 35.4. The van der Waals surface area contributed by atoms with Gasteiger partial charge in [-0.15, -0.1) is 0 Å². The Morgan fingerprint density at radius 1 is 0.259 bits per heavy atom. The molecule has 0 aromatic heterocycles. The Balaban J connectivity index is 4.04. The molecule has 1 atom stereocenters. The zero-order valence-corrected chi connectivity index (χ0v) is 54.1. The third kappa shape index (κ3) is 67.5. The number of ether oxygens (including phenoxy) is 3. The molecule has 0 aromatic carbocycles. The van der Waals surface area contributed by atoms with Gasteiger partial charge in [-0.1, -0.05) is 331 Å². The maximum atomic E-state index is 12.9. The lowest BCUT2D eigenvalue weighted by Crippen LogP contribution is -2.30. The Hall–Kier alpha value is -3.15. The third-order valence-corrected chi connectivity index (χ3v) is 15.7. The molecule has 0 radical (unpaired) electrons. The van der Waals surface area contributed by atoms with Crippen LogP contribution >= 0.6 is 0 Å². The van der Waals surface area contributed by atoms with Gasteiger partial charge < -0.3 is 14.2 Å². The van der Waals surface area contributed by atoms with Gasteiger partial charge in [-0.2, -0.15) is 0 Å². The van der Waals surface area contributed by atoms with Crippen molar-refractivity contribution in [1.29, 1.82) is 0 Å². The van der Waals surface area contributed by atoms with Crippen molar-refractivity contribution in [2.24, 2.45) is 0 Å². The van der Waals surface area contributed by atoms with Crippen LogP contribution in [0.5, 0.6) is 0 Å². The lowest BCUT2D eigenvalue weighted by Gasteiger charge is -2.18. The van der Waals surface area contributed by atoms with Crippen LogP contribution in [0.2, 0.25) is 0 Å². The lowest BCUT2D eigenvalue weighted by atomic mass is 10.0. The van der Waals surface area contributed by atoms with Crippen LogP contribution in [0, 0.1) is 0 Å². The molecule has 0 aliphatic heterocycles. The van der Waals surface area contributed by atoms with Crippen LogP contribution in [0.3, 0.4) is 0 Å². The highest BCUT2D eigenvalue weighted by atomic mass is 16.6. The molecule has 0 aliphatic rings. The Bertz CT molecular complexity index is 1490. The van der Waals surface area contributed by atoms with E-state index in [1.807, 2.05) is 0 Å². The highest BCUT2D eigenvalue weighted by molar-refractivity contribution is 5.71. The molecule has 0 N–H and O–H groups in total. The van der Waals surface area contributed by atoms with Crippen LogP contribution in [-0.2, 0) is 28.6 Å². The summed E-state index contributed by atoms with van der Waals surface area (Å²) in [5.74, 6) is -0.852. The summed E-state index contributed by atoms with van der Waals surface area (Å²) in [4.78, 5) is 38.3. The molecule has 0 bridgehead atoms. The second kappa shape index (κ2) is 69.3. The van der Waals surface area contributed by atoms with Crippen LogP contribution in [0.4, 0.5) is 0 Å². The molecule has 0 aromatic rings. The van der Waals surface area contributed by atoms with Gasteiger partial charge in [-0.3, -0.25) is 14.4 Å². The van der Waals surface area contributed by atoms with Gasteiger partial charge in [0.2, 0.25) is 0 Å². The van der Waals surface area contributed by atoms with E-state index in [0.717, 1.165) is 89.9 Å². The van der Waals surface area contributed by atoms with Crippen molar-refractivity contribution < 1.29 is 28.6 Å². The first kappa shape index (κ1) is 77.9. The minimum absolute atomic E-state index is 0.0697. The molecule has 0 fully saturated rings. The van der Waals surface area contributed by atoms with E-state index in [2.05, 4.69) is 93.7 Å². The van der Waals surface area contributed by atoms with Crippen molar-refractivity contribution >= 4 is 17.9 Å². The first-order valence-corrected chi connectivity index (χ1v) is 35.4. The second-order valence-electron chi connectivity index (χ2n) is 23.8. The van der Waals surface area contributed by atoms with Gasteiger partial charge in [0.15, 0.2) is 6.10 Å². The summed E-state index contributed by atoms with van der Waals surface area (Å²) in [6, 6.07) is 0. The van der Waals surface area contributed by atoms with Crippen LogP contribution in [-0.4, -0.2) is 37.2 Å². The minimum Gasteiger partial charge on any atom is -0.462 e. The third-order valence-electron chi connectivity index (χ3n) is 15.7. The summed E-state index contributed by atoms with van der Waals surface area (Å²) in [5.41, 5.74) is 0. The maximum absolute atomic E-state index is 12.9. The number of allylic oxidation sites excluding steroid dienone is 12. The van der Waals surface area contributed by atoms with Crippen LogP contribution in [0.25, 0.3) is 0 Å². The number of rotatable bonds is 65. The van der Waals surface area contributed by atoms with E-state index in [0.29, 0.717) is 19.3 Å². The largest absolute Gasteiger partial charge is 0.462 e. The average Bonchev–Trinajstić information content (AvgIpc) is 3.47. The predicted octanol–water partition coefficient (Wildman–Crippen LogP) is 24.4. The summed E-state index contributed by atoms with van der Waals surface area (Å²) in [6.07, 6.45) is 91.0. The fraction of sp³-hybridized carbons (Fsp3) is 0.800. The standard InChI is InChI=1S/C75H134O6/c1-4-7-10-13-16-19-21-23-25-27-29-30-31-32-33-34-35-36-37-38-39-40-41-42-43-44-46-47-49-51-53-56-59-62-65-68-74(77)80-71-72(70-79-73(76)67-64-61-58-55-18-15-12-9-6-3)81-75(78)69-66-63-60-57-54-52-50-48-45-28-26-24-22-20-17-14-11-8-5-2/h7,10,16,19,23-26,29-30,32-33,72H,4-6,8-9,11-15,17-18,20-22,27-28,31,34-71H2,1-3H3/b10-7-,19-16-,25-23-,26-24-,30-29-,33-32-. The van der Waals surface area contributed by atoms with E-state index in [1.165, 1.54) is 238 Å². The molecule has 6 nitrogen and oxygen atoms in total. The molecular weight excluding hydrogens is 997 g/mol. The Kier molecular flexibility index (Phi) is 66.6. The highest BCUT2D eigenvalue weighted by Crippen LogP contribution is 2.18. The van der Waals surface area contributed by atoms with Crippen molar-refractivity contribution in [2.75, 3.05) is 13.2 Å². The zero-order valence-electron chi connectivity index (χ0n) is 54.1. The van der Waals surface area contributed by atoms with E-state index in [4.69, 9.17) is 14.2 Å². The molecular formula is C75H134O6. The Morgan fingerprint density at radius 3 is 0.765 bits per heavy atom. The molecule has 0 saturated carbocycles. The second-order valence-corrected chi connectivity index (χ2v) is 23.8. The average molecular weight is 1130 g/mol. The fourth-order valence-corrected chi connectivity index (χ4v) is 10.4. The summed E-state index contributed by atoms with van der Waals surface area (Å²) in [5, 5.41) is 0. The number of unbranched alkanes of at least 4 members (excludes halogenated alkanes) is 42. The molecule has 0 aliphatic carbocycles. The topological polar surface area (TPSA) is 78.9 Å². The zero-order chi connectivity index (χ0) is 58.5. The maximum Gasteiger partial charge on any atom is 0.306 e. The van der Waals surface area contributed by atoms with Crippen molar-refractivity contribution in [3.05, 3.63) is 72.9 Å².